The average molecular weight is 297 g/mol. The summed E-state index contributed by atoms with van der Waals surface area (Å²) in [6.07, 6.45) is 3.07. The third kappa shape index (κ3) is 3.25. The topological polar surface area (TPSA) is 44.5 Å². The molecule has 3 rings (SSSR count). The second kappa shape index (κ2) is 5.99. The second-order valence-electron chi connectivity index (χ2n) is 6.19. The van der Waals surface area contributed by atoms with Gasteiger partial charge in [-0.05, 0) is 36.8 Å². The van der Waals surface area contributed by atoms with Crippen molar-refractivity contribution in [2.45, 2.75) is 37.3 Å². The number of hydrogen-bond donors (Lipinski definition) is 1. The molecule has 5 heteroatoms. The monoisotopic (exact) mass is 297 g/mol. The summed E-state index contributed by atoms with van der Waals surface area (Å²) in [5.74, 6) is -0.792. The predicted molar refractivity (Wildman–Crippen MR) is 74.9 cm³/mol. The maximum absolute atomic E-state index is 13.7. The fraction of sp³-hybridized carbons (Fsp3) is 0.625. The Morgan fingerprint density at radius 2 is 2.19 bits per heavy atom. The molecule has 3 nitrogen and oxygen atoms in total. The standard InChI is InChI=1S/C16H21F2NO2/c17-13-2-1-11(14(18)8-13)7-15(19)12-3-5-21-16(9-12)4-6-20-10-16/h1-2,8,12,15H,3-7,9-10,19H2. The summed E-state index contributed by atoms with van der Waals surface area (Å²) in [7, 11) is 0. The van der Waals surface area contributed by atoms with Crippen LogP contribution in [0.2, 0.25) is 0 Å². The van der Waals surface area contributed by atoms with E-state index in [4.69, 9.17) is 15.2 Å². The van der Waals surface area contributed by atoms with Gasteiger partial charge in [0.1, 0.15) is 11.6 Å². The van der Waals surface area contributed by atoms with Crippen molar-refractivity contribution in [3.8, 4) is 0 Å². The summed E-state index contributed by atoms with van der Waals surface area (Å²) < 4.78 is 38.0. The minimum atomic E-state index is -0.557. The Hall–Kier alpha value is -1.04. The normalized spacial score (nSPS) is 30.7. The predicted octanol–water partition coefficient (Wildman–Crippen LogP) is 2.42. The molecule has 3 atom stereocenters. The van der Waals surface area contributed by atoms with Crippen LogP contribution in [0.5, 0.6) is 0 Å². The molecule has 3 unspecified atom stereocenters. The summed E-state index contributed by atoms with van der Waals surface area (Å²) in [6, 6.07) is 3.53. The highest BCUT2D eigenvalue weighted by molar-refractivity contribution is 5.20. The van der Waals surface area contributed by atoms with Gasteiger partial charge in [-0.2, -0.15) is 0 Å². The molecule has 2 heterocycles. The van der Waals surface area contributed by atoms with Crippen LogP contribution in [0.4, 0.5) is 8.78 Å². The zero-order valence-electron chi connectivity index (χ0n) is 12.0. The van der Waals surface area contributed by atoms with Gasteiger partial charge in [-0.25, -0.2) is 8.78 Å². The van der Waals surface area contributed by atoms with Gasteiger partial charge >= 0.3 is 0 Å². The smallest absolute Gasteiger partial charge is 0.129 e. The van der Waals surface area contributed by atoms with Crippen molar-refractivity contribution in [2.24, 2.45) is 11.7 Å². The van der Waals surface area contributed by atoms with Crippen LogP contribution in [0.15, 0.2) is 18.2 Å². The van der Waals surface area contributed by atoms with Crippen LogP contribution in [0.1, 0.15) is 24.8 Å². The van der Waals surface area contributed by atoms with E-state index in [1.54, 1.807) is 0 Å². The molecule has 2 aliphatic heterocycles. The maximum atomic E-state index is 13.7. The van der Waals surface area contributed by atoms with Gasteiger partial charge in [-0.15, -0.1) is 0 Å². The Labute approximate surface area is 123 Å². The maximum Gasteiger partial charge on any atom is 0.129 e. The highest BCUT2D eigenvalue weighted by Gasteiger charge is 2.42. The zero-order valence-corrected chi connectivity index (χ0v) is 12.0. The molecule has 1 aromatic rings. The number of nitrogens with two attached hydrogens (primary N) is 1. The average Bonchev–Trinajstić information content (AvgIpc) is 2.90. The lowest BCUT2D eigenvalue weighted by atomic mass is 9.79. The lowest BCUT2D eigenvalue weighted by Gasteiger charge is -2.39. The molecule has 0 radical (unpaired) electrons. The van der Waals surface area contributed by atoms with Crippen LogP contribution >= 0.6 is 0 Å². The van der Waals surface area contributed by atoms with Crippen LogP contribution in [-0.2, 0) is 15.9 Å². The minimum Gasteiger partial charge on any atom is -0.378 e. The highest BCUT2D eigenvalue weighted by atomic mass is 19.1. The fourth-order valence-corrected chi connectivity index (χ4v) is 3.40. The molecule has 2 aliphatic rings. The molecule has 2 fully saturated rings. The largest absolute Gasteiger partial charge is 0.378 e. The van der Waals surface area contributed by atoms with Crippen LogP contribution in [0.25, 0.3) is 0 Å². The van der Waals surface area contributed by atoms with Gasteiger partial charge in [0.15, 0.2) is 0 Å². The lowest BCUT2D eigenvalue weighted by molar-refractivity contribution is -0.101. The molecule has 1 spiro atoms. The first-order valence-electron chi connectivity index (χ1n) is 7.49. The molecule has 0 aromatic heterocycles. The van der Waals surface area contributed by atoms with Crippen molar-refractivity contribution < 1.29 is 18.3 Å². The van der Waals surface area contributed by atoms with Crippen molar-refractivity contribution in [3.63, 3.8) is 0 Å². The van der Waals surface area contributed by atoms with E-state index in [1.807, 2.05) is 0 Å². The summed E-state index contributed by atoms with van der Waals surface area (Å²) in [5.41, 5.74) is 6.57. The van der Waals surface area contributed by atoms with Crippen LogP contribution in [0.3, 0.4) is 0 Å². The van der Waals surface area contributed by atoms with E-state index >= 15 is 0 Å². The van der Waals surface area contributed by atoms with Gasteiger partial charge in [-0.1, -0.05) is 6.07 Å². The molecule has 0 amide bonds. The summed E-state index contributed by atoms with van der Waals surface area (Å²) in [5, 5.41) is 0. The molecule has 0 saturated carbocycles. The molecule has 1 aromatic carbocycles. The van der Waals surface area contributed by atoms with Crippen molar-refractivity contribution in [2.75, 3.05) is 19.8 Å². The van der Waals surface area contributed by atoms with Gasteiger partial charge in [0.05, 0.1) is 12.2 Å². The first kappa shape index (κ1) is 14.9. The summed E-state index contributed by atoms with van der Waals surface area (Å²) in [6.45, 7) is 2.03. The quantitative estimate of drug-likeness (QED) is 0.932. The third-order valence-corrected chi connectivity index (χ3v) is 4.67. The van der Waals surface area contributed by atoms with E-state index < -0.39 is 11.6 Å². The van der Waals surface area contributed by atoms with E-state index in [9.17, 15) is 8.78 Å². The van der Waals surface area contributed by atoms with Gasteiger partial charge < -0.3 is 15.2 Å². The van der Waals surface area contributed by atoms with E-state index in [-0.39, 0.29) is 17.6 Å². The van der Waals surface area contributed by atoms with E-state index in [0.717, 1.165) is 31.9 Å². The van der Waals surface area contributed by atoms with Crippen LogP contribution in [0, 0.1) is 17.6 Å². The Morgan fingerprint density at radius 1 is 1.33 bits per heavy atom. The van der Waals surface area contributed by atoms with Gasteiger partial charge in [0.2, 0.25) is 0 Å². The SMILES string of the molecule is NC(Cc1ccc(F)cc1F)C1CCOC2(CCOC2)C1. The lowest BCUT2D eigenvalue weighted by Crippen LogP contribution is -2.46. The van der Waals surface area contributed by atoms with Gasteiger partial charge in [-0.3, -0.25) is 0 Å². The Balaban J connectivity index is 1.65. The van der Waals surface area contributed by atoms with Gasteiger partial charge in [0, 0.05) is 31.7 Å². The third-order valence-electron chi connectivity index (χ3n) is 4.67. The van der Waals surface area contributed by atoms with E-state index in [1.165, 1.54) is 12.1 Å². The Kier molecular flexibility index (Phi) is 4.24. The highest BCUT2D eigenvalue weighted by Crippen LogP contribution is 2.37. The van der Waals surface area contributed by atoms with E-state index in [2.05, 4.69) is 0 Å². The number of halogens is 2. The molecule has 116 valence electrons. The minimum absolute atomic E-state index is 0.147. The van der Waals surface area contributed by atoms with Crippen molar-refractivity contribution in [1.82, 2.24) is 0 Å². The first-order valence-corrected chi connectivity index (χ1v) is 7.49. The molecule has 2 saturated heterocycles. The number of hydrogen-bond acceptors (Lipinski definition) is 3. The Morgan fingerprint density at radius 3 is 2.90 bits per heavy atom. The first-order chi connectivity index (χ1) is 10.1. The van der Waals surface area contributed by atoms with Crippen molar-refractivity contribution in [1.29, 1.82) is 0 Å². The molecule has 0 bridgehead atoms. The zero-order chi connectivity index (χ0) is 14.9. The number of benzene rings is 1. The molecular formula is C16H21F2NO2. The van der Waals surface area contributed by atoms with Crippen molar-refractivity contribution >= 4 is 0 Å². The molecule has 2 N–H and O–H groups in total. The van der Waals surface area contributed by atoms with Crippen molar-refractivity contribution in [3.05, 3.63) is 35.4 Å². The van der Waals surface area contributed by atoms with Crippen LogP contribution < -0.4 is 5.73 Å². The second-order valence-corrected chi connectivity index (χ2v) is 6.19. The molecule has 21 heavy (non-hydrogen) atoms. The summed E-state index contributed by atoms with van der Waals surface area (Å²) in [4.78, 5) is 0. The number of rotatable bonds is 3. The molecule has 0 aliphatic carbocycles. The van der Waals surface area contributed by atoms with Gasteiger partial charge in [0.25, 0.3) is 0 Å². The number of ether oxygens (including phenoxy) is 2. The van der Waals surface area contributed by atoms with E-state index in [0.29, 0.717) is 25.2 Å². The van der Waals surface area contributed by atoms with Crippen LogP contribution in [-0.4, -0.2) is 31.5 Å². The molecular weight excluding hydrogens is 276 g/mol. The summed E-state index contributed by atoms with van der Waals surface area (Å²) >= 11 is 0. The fourth-order valence-electron chi connectivity index (χ4n) is 3.40. The Bertz CT molecular complexity index is 503.